The summed E-state index contributed by atoms with van der Waals surface area (Å²) in [6.07, 6.45) is -4.10. The van der Waals surface area contributed by atoms with Crippen molar-refractivity contribution >= 4 is 27.7 Å². The quantitative estimate of drug-likeness (QED) is 0.160. The van der Waals surface area contributed by atoms with Crippen LogP contribution in [0.1, 0.15) is 34.8 Å². The molecular formula is C31H29F5N2O7S. The van der Waals surface area contributed by atoms with Gasteiger partial charge >= 0.3 is 12.1 Å². The summed E-state index contributed by atoms with van der Waals surface area (Å²) in [5, 5.41) is 8.78. The van der Waals surface area contributed by atoms with E-state index < -0.39 is 56.8 Å². The minimum Gasteiger partial charge on any atom is -0.542 e. The van der Waals surface area contributed by atoms with Crippen LogP contribution in [0.5, 0.6) is 0 Å². The number of carbonyl (C=O) groups is 3. The smallest absolute Gasteiger partial charge is 0.430 e. The Labute approximate surface area is 261 Å². The number of nitrogens with one attached hydrogen (secondary N) is 1. The number of alkyl halides is 3. The molecule has 0 radical (unpaired) electrons. The number of nitrogens with zero attached hydrogens (tertiary/aromatic N) is 1. The van der Waals surface area contributed by atoms with E-state index in [9.17, 15) is 40.0 Å². The first-order valence-electron chi connectivity index (χ1n) is 14.0. The third-order valence-corrected chi connectivity index (χ3v) is 9.38. The van der Waals surface area contributed by atoms with Crippen molar-refractivity contribution < 1.29 is 59.1 Å². The highest BCUT2D eigenvalue weighted by atomic mass is 32.2. The molecule has 3 aliphatic rings. The monoisotopic (exact) mass is 668 g/mol. The number of carboxylic acid groups (broad SMARTS) is 1. The van der Waals surface area contributed by atoms with Gasteiger partial charge in [0.25, 0.3) is 0 Å². The van der Waals surface area contributed by atoms with Gasteiger partial charge in [-0.25, -0.2) is 22.0 Å². The standard InChI is InChI=1S/C29H29F2N2O5S.C2HF3O2/c30-24-12-11-23(17-25(24)31)39(36,37)32-28(22-9-5-2-6-10-22)29(35)38-27-19-33(15-13-21(27)14-16-33)18-26(34)20-7-3-1-4-8-20;3-2(4,5)1(6)7/h1-12,17,21,27-28,32H,13-16,18-19H2;(H,6,7)/q+1;/p-1/t21?,27-,28?,33?;/m0./s1. The molecule has 0 amide bonds. The Morgan fingerprint density at radius 3 is 2.02 bits per heavy atom. The van der Waals surface area contributed by atoms with Gasteiger partial charge in [0, 0.05) is 24.3 Å². The van der Waals surface area contributed by atoms with Crippen LogP contribution < -0.4 is 9.83 Å². The van der Waals surface area contributed by atoms with Crippen LogP contribution >= 0.6 is 0 Å². The predicted octanol–water partition coefficient (Wildman–Crippen LogP) is 3.32. The Bertz CT molecular complexity index is 1660. The van der Waals surface area contributed by atoms with E-state index in [1.165, 1.54) is 0 Å². The summed E-state index contributed by atoms with van der Waals surface area (Å²) in [5.41, 5.74) is 0.986. The number of hydrogen-bond acceptors (Lipinski definition) is 7. The highest BCUT2D eigenvalue weighted by Gasteiger charge is 2.49. The molecule has 0 saturated carbocycles. The van der Waals surface area contributed by atoms with Crippen molar-refractivity contribution in [2.45, 2.75) is 36.1 Å². The summed E-state index contributed by atoms with van der Waals surface area (Å²) < 4.78 is 93.6. The number of piperidine rings is 3. The normalized spacial score (nSPS) is 21.4. The van der Waals surface area contributed by atoms with Crippen molar-refractivity contribution in [2.75, 3.05) is 26.2 Å². The molecule has 2 bridgehead atoms. The summed E-state index contributed by atoms with van der Waals surface area (Å²) >= 11 is 0. The van der Waals surface area contributed by atoms with E-state index in [0.29, 0.717) is 40.8 Å². The minimum atomic E-state index is -5.19. The molecule has 246 valence electrons. The second-order valence-electron chi connectivity index (χ2n) is 11.1. The predicted molar refractivity (Wildman–Crippen MR) is 150 cm³/mol. The molecule has 46 heavy (non-hydrogen) atoms. The van der Waals surface area contributed by atoms with Crippen molar-refractivity contribution in [2.24, 2.45) is 5.92 Å². The van der Waals surface area contributed by atoms with Gasteiger partial charge in [-0.15, -0.1) is 0 Å². The van der Waals surface area contributed by atoms with Crippen LogP contribution in [-0.2, 0) is 24.3 Å². The number of rotatable bonds is 9. The average molecular weight is 669 g/mol. The third-order valence-electron chi connectivity index (χ3n) is 7.96. The van der Waals surface area contributed by atoms with Gasteiger partial charge in [-0.1, -0.05) is 60.7 Å². The van der Waals surface area contributed by atoms with E-state index in [-0.39, 0.29) is 11.7 Å². The van der Waals surface area contributed by atoms with Gasteiger partial charge in [0.15, 0.2) is 17.7 Å². The van der Waals surface area contributed by atoms with Gasteiger partial charge in [-0.3, -0.25) is 4.79 Å². The van der Waals surface area contributed by atoms with Crippen LogP contribution in [0.15, 0.2) is 83.8 Å². The third kappa shape index (κ3) is 8.53. The van der Waals surface area contributed by atoms with Crippen LogP contribution in [0, 0.1) is 17.6 Å². The largest absolute Gasteiger partial charge is 0.542 e. The zero-order valence-corrected chi connectivity index (χ0v) is 24.9. The SMILES string of the molecule is O=C(C[N+]12CCC(CC1)[C@@H](OC(=O)C(NS(=O)(=O)c1ccc(F)c(F)c1)c1ccccc1)C2)c1ccccc1.O=C([O-])C(F)(F)F. The van der Waals surface area contributed by atoms with Gasteiger partial charge in [0.05, 0.1) is 18.0 Å². The topological polar surface area (TPSA) is 130 Å². The zero-order valence-electron chi connectivity index (χ0n) is 24.1. The number of quaternary nitrogens is 1. The lowest BCUT2D eigenvalue weighted by atomic mass is 9.82. The van der Waals surface area contributed by atoms with Crippen LogP contribution in [0.2, 0.25) is 0 Å². The second kappa shape index (κ2) is 14.1. The lowest BCUT2D eigenvalue weighted by Gasteiger charge is -2.51. The number of carboxylic acids is 1. The molecule has 0 spiro atoms. The molecule has 3 saturated heterocycles. The van der Waals surface area contributed by atoms with E-state index in [4.69, 9.17) is 14.6 Å². The number of hydrogen-bond donors (Lipinski definition) is 1. The molecule has 6 rings (SSSR count). The molecule has 3 fully saturated rings. The van der Waals surface area contributed by atoms with E-state index in [1.807, 2.05) is 18.2 Å². The molecule has 0 aliphatic carbocycles. The van der Waals surface area contributed by atoms with Gasteiger partial charge in [0.1, 0.15) is 25.1 Å². The van der Waals surface area contributed by atoms with Gasteiger partial charge in [-0.05, 0) is 23.8 Å². The van der Waals surface area contributed by atoms with Gasteiger partial charge in [-0.2, -0.15) is 17.9 Å². The van der Waals surface area contributed by atoms with Crippen LogP contribution in [0.3, 0.4) is 0 Å². The van der Waals surface area contributed by atoms with Gasteiger partial charge in [0.2, 0.25) is 15.8 Å². The number of esters is 1. The number of aliphatic carboxylic acids is 1. The number of carbonyl (C=O) groups excluding carboxylic acids is 3. The summed E-state index contributed by atoms with van der Waals surface area (Å²) in [5.74, 6) is -6.16. The van der Waals surface area contributed by atoms with Crippen molar-refractivity contribution in [1.82, 2.24) is 4.72 Å². The number of fused-ring (bicyclic) bond motifs is 3. The van der Waals surface area contributed by atoms with Crippen molar-refractivity contribution in [1.29, 1.82) is 0 Å². The number of ketones is 1. The average Bonchev–Trinajstić information content (AvgIpc) is 3.02. The highest BCUT2D eigenvalue weighted by molar-refractivity contribution is 7.89. The summed E-state index contributed by atoms with van der Waals surface area (Å²) in [7, 11) is -4.41. The Morgan fingerprint density at radius 2 is 1.48 bits per heavy atom. The van der Waals surface area contributed by atoms with E-state index in [1.54, 1.807) is 42.5 Å². The molecule has 0 aromatic heterocycles. The molecule has 1 unspecified atom stereocenters. The van der Waals surface area contributed by atoms with Crippen LogP contribution in [0.25, 0.3) is 0 Å². The number of sulfonamides is 1. The zero-order chi connectivity index (χ0) is 33.7. The summed E-state index contributed by atoms with van der Waals surface area (Å²) in [6, 6.07) is 18.1. The number of benzene rings is 3. The van der Waals surface area contributed by atoms with Crippen molar-refractivity contribution in [3.63, 3.8) is 0 Å². The molecule has 2 atom stereocenters. The van der Waals surface area contributed by atoms with Crippen LogP contribution in [-0.4, -0.2) is 69.1 Å². The Hall–Kier alpha value is -4.21. The second-order valence-corrected chi connectivity index (χ2v) is 12.8. The molecule has 1 N–H and O–H groups in total. The lowest BCUT2D eigenvalue weighted by molar-refractivity contribution is -0.938. The molecule has 3 aromatic carbocycles. The van der Waals surface area contributed by atoms with Crippen molar-refractivity contribution in [3.05, 3.63) is 102 Å². The first kappa shape index (κ1) is 34.7. The maximum atomic E-state index is 13.8. The molecule has 9 nitrogen and oxygen atoms in total. The fourth-order valence-corrected chi connectivity index (χ4v) is 6.76. The van der Waals surface area contributed by atoms with E-state index >= 15 is 0 Å². The number of halogens is 5. The Morgan fingerprint density at radius 1 is 0.913 bits per heavy atom. The highest BCUT2D eigenvalue weighted by Crippen LogP contribution is 2.36. The molecule has 15 heteroatoms. The van der Waals surface area contributed by atoms with Crippen LogP contribution in [0.4, 0.5) is 22.0 Å². The Balaban J connectivity index is 0.000000617. The molecule has 3 heterocycles. The Kier molecular flexibility index (Phi) is 10.6. The molecular weight excluding hydrogens is 639 g/mol. The van der Waals surface area contributed by atoms with Crippen molar-refractivity contribution in [3.8, 4) is 0 Å². The number of Topliss-reactive ketones (excluding diaryl/α,β-unsaturated/α-hetero) is 1. The lowest BCUT2D eigenvalue weighted by Crippen LogP contribution is -2.66. The fourth-order valence-electron chi connectivity index (χ4n) is 5.58. The first-order valence-corrected chi connectivity index (χ1v) is 15.5. The maximum Gasteiger partial charge on any atom is 0.430 e. The maximum absolute atomic E-state index is 13.8. The van der Waals surface area contributed by atoms with E-state index in [2.05, 4.69) is 4.72 Å². The first-order chi connectivity index (χ1) is 21.6. The summed E-state index contributed by atoms with van der Waals surface area (Å²) in [6.45, 7) is 2.38. The van der Waals surface area contributed by atoms with Gasteiger partial charge < -0.3 is 19.1 Å². The molecule has 3 aliphatic heterocycles. The minimum absolute atomic E-state index is 0.0301. The summed E-state index contributed by atoms with van der Waals surface area (Å²) in [4.78, 5) is 34.8. The number of ether oxygens (including phenoxy) is 1. The van der Waals surface area contributed by atoms with E-state index in [0.717, 1.165) is 32.0 Å². The fraction of sp³-hybridized carbons (Fsp3) is 0.323. The molecule has 3 aromatic rings.